The number of nitrogens with zero attached hydrogens (tertiary/aromatic N) is 3. The predicted molar refractivity (Wildman–Crippen MR) is 104 cm³/mol. The molecule has 1 amide bonds. The molecule has 8 heteroatoms. The maximum Gasteiger partial charge on any atom is 0.243 e. The lowest BCUT2D eigenvalue weighted by Crippen LogP contribution is -2.44. The fourth-order valence-corrected chi connectivity index (χ4v) is 6.45. The van der Waals surface area contributed by atoms with Crippen molar-refractivity contribution in [3.8, 4) is 0 Å². The largest absolute Gasteiger partial charge is 0.341 e. The highest BCUT2D eigenvalue weighted by Crippen LogP contribution is 2.44. The van der Waals surface area contributed by atoms with Gasteiger partial charge in [-0.3, -0.25) is 9.69 Å². The maximum atomic E-state index is 13.1. The van der Waals surface area contributed by atoms with E-state index >= 15 is 0 Å². The van der Waals surface area contributed by atoms with Crippen LogP contribution in [0.2, 0.25) is 0 Å². The molecule has 3 aliphatic heterocycles. The van der Waals surface area contributed by atoms with E-state index in [0.717, 1.165) is 51.7 Å². The highest BCUT2D eigenvalue weighted by molar-refractivity contribution is 7.89. The summed E-state index contributed by atoms with van der Waals surface area (Å²) in [4.78, 5) is 17.1. The Hall–Kier alpha value is -1.51. The smallest absolute Gasteiger partial charge is 0.243 e. The molecule has 0 bridgehead atoms. The van der Waals surface area contributed by atoms with Gasteiger partial charge < -0.3 is 4.90 Å². The zero-order valence-electron chi connectivity index (χ0n) is 16.3. The van der Waals surface area contributed by atoms with Crippen molar-refractivity contribution in [3.63, 3.8) is 0 Å². The highest BCUT2D eigenvalue weighted by atomic mass is 32.2. The first-order valence-corrected chi connectivity index (χ1v) is 11.5. The Bertz CT molecular complexity index is 829. The summed E-state index contributed by atoms with van der Waals surface area (Å²) in [6.45, 7) is 3.44. The summed E-state index contributed by atoms with van der Waals surface area (Å²) < 4.78 is 40.3. The summed E-state index contributed by atoms with van der Waals surface area (Å²) in [6.07, 6.45) is 4.49. The molecule has 6 nitrogen and oxygen atoms in total. The van der Waals surface area contributed by atoms with Crippen LogP contribution < -0.4 is 0 Å². The van der Waals surface area contributed by atoms with Gasteiger partial charge in [0.15, 0.2) is 0 Å². The van der Waals surface area contributed by atoms with Crippen molar-refractivity contribution in [1.29, 1.82) is 0 Å². The molecule has 0 N–H and O–H groups in total. The number of hydrogen-bond donors (Lipinski definition) is 0. The summed E-state index contributed by atoms with van der Waals surface area (Å²) in [5.74, 6) is -0.211. The van der Waals surface area contributed by atoms with Crippen molar-refractivity contribution in [1.82, 2.24) is 14.1 Å². The number of piperidine rings is 1. The number of carbonyl (C=O) groups is 1. The van der Waals surface area contributed by atoms with Crippen LogP contribution in [0.5, 0.6) is 0 Å². The van der Waals surface area contributed by atoms with Gasteiger partial charge in [0.2, 0.25) is 15.9 Å². The van der Waals surface area contributed by atoms with Crippen LogP contribution in [0.3, 0.4) is 0 Å². The second-order valence-electron chi connectivity index (χ2n) is 8.53. The summed E-state index contributed by atoms with van der Waals surface area (Å²) in [5.41, 5.74) is 0.00359. The van der Waals surface area contributed by atoms with E-state index in [0.29, 0.717) is 13.1 Å². The number of sulfonamides is 1. The molecule has 1 unspecified atom stereocenters. The molecule has 3 aliphatic rings. The van der Waals surface area contributed by atoms with E-state index < -0.39 is 15.8 Å². The Morgan fingerprint density at radius 1 is 1.07 bits per heavy atom. The zero-order valence-corrected chi connectivity index (χ0v) is 17.1. The third kappa shape index (κ3) is 3.57. The number of rotatable bonds is 3. The van der Waals surface area contributed by atoms with Crippen molar-refractivity contribution in [2.24, 2.45) is 5.41 Å². The molecule has 3 saturated heterocycles. The molecular formula is C20H28FN3O3S. The summed E-state index contributed by atoms with van der Waals surface area (Å²) in [5, 5.41) is 0. The molecule has 1 atom stereocenters. The van der Waals surface area contributed by atoms with Gasteiger partial charge in [-0.2, -0.15) is 4.31 Å². The second-order valence-corrected chi connectivity index (χ2v) is 10.5. The molecule has 0 saturated carbocycles. The molecule has 28 heavy (non-hydrogen) atoms. The summed E-state index contributed by atoms with van der Waals surface area (Å²) in [7, 11) is -1.59. The third-order valence-electron chi connectivity index (χ3n) is 6.68. The van der Waals surface area contributed by atoms with Gasteiger partial charge in [-0.1, -0.05) is 0 Å². The number of likely N-dealkylation sites (tertiary alicyclic amines) is 2. The Labute approximate surface area is 166 Å². The molecule has 3 heterocycles. The number of likely N-dealkylation sites (N-methyl/N-ethyl adjacent to an activating group) is 1. The van der Waals surface area contributed by atoms with Crippen LogP contribution in [0.1, 0.15) is 32.1 Å². The SMILES string of the molecule is CN1CC2(CCN(S(=O)(=O)c3ccc(F)cc3)CC2)CC1C(=O)N1CCCC1. The van der Waals surface area contributed by atoms with Crippen LogP contribution in [-0.4, -0.2) is 74.2 Å². The van der Waals surface area contributed by atoms with Gasteiger partial charge in [0.25, 0.3) is 0 Å². The maximum absolute atomic E-state index is 13.1. The number of hydrogen-bond acceptors (Lipinski definition) is 4. The monoisotopic (exact) mass is 409 g/mol. The van der Waals surface area contributed by atoms with Crippen molar-refractivity contribution < 1.29 is 17.6 Å². The van der Waals surface area contributed by atoms with Crippen LogP contribution in [0.15, 0.2) is 29.2 Å². The molecule has 1 aromatic rings. The molecule has 1 spiro atoms. The Balaban J connectivity index is 1.42. The van der Waals surface area contributed by atoms with E-state index in [-0.39, 0.29) is 22.3 Å². The standard InChI is InChI=1S/C20H28FN3O3S/c1-22-15-20(14-18(22)19(25)23-10-2-3-11-23)8-12-24(13-9-20)28(26,27)17-6-4-16(21)5-7-17/h4-7,18H,2-3,8-15H2,1H3. The number of carbonyl (C=O) groups excluding carboxylic acids is 1. The van der Waals surface area contributed by atoms with E-state index in [4.69, 9.17) is 0 Å². The Morgan fingerprint density at radius 3 is 2.29 bits per heavy atom. The summed E-state index contributed by atoms with van der Waals surface area (Å²) in [6, 6.07) is 4.92. The van der Waals surface area contributed by atoms with E-state index in [1.54, 1.807) is 0 Å². The lowest BCUT2D eigenvalue weighted by atomic mass is 9.77. The average Bonchev–Trinajstić information content (AvgIpc) is 3.31. The van der Waals surface area contributed by atoms with Gasteiger partial charge in [-0.05, 0) is 68.8 Å². The fraction of sp³-hybridized carbons (Fsp3) is 0.650. The van der Waals surface area contributed by atoms with Crippen molar-refractivity contribution in [2.75, 3.05) is 39.8 Å². The van der Waals surface area contributed by atoms with Crippen molar-refractivity contribution >= 4 is 15.9 Å². The Morgan fingerprint density at radius 2 is 1.68 bits per heavy atom. The minimum Gasteiger partial charge on any atom is -0.341 e. The fourth-order valence-electron chi connectivity index (χ4n) is 5.01. The van der Waals surface area contributed by atoms with Gasteiger partial charge in [0.1, 0.15) is 5.82 Å². The first-order valence-electron chi connectivity index (χ1n) is 10.1. The zero-order chi connectivity index (χ0) is 19.9. The topological polar surface area (TPSA) is 60.9 Å². The normalized spacial score (nSPS) is 26.2. The third-order valence-corrected chi connectivity index (χ3v) is 8.59. The quantitative estimate of drug-likeness (QED) is 0.765. The molecule has 4 rings (SSSR count). The number of halogens is 1. The van der Waals surface area contributed by atoms with Crippen LogP contribution in [-0.2, 0) is 14.8 Å². The first-order chi connectivity index (χ1) is 13.3. The molecule has 1 aromatic carbocycles. The Kier molecular flexibility index (Phi) is 5.22. The van der Waals surface area contributed by atoms with E-state index in [1.165, 1.54) is 28.6 Å². The lowest BCUT2D eigenvalue weighted by Gasteiger charge is -2.38. The van der Waals surface area contributed by atoms with Crippen LogP contribution in [0.4, 0.5) is 4.39 Å². The second kappa shape index (κ2) is 7.39. The van der Waals surface area contributed by atoms with E-state index in [9.17, 15) is 17.6 Å². The van der Waals surface area contributed by atoms with Crippen LogP contribution >= 0.6 is 0 Å². The molecular weight excluding hydrogens is 381 g/mol. The molecule has 0 aromatic heterocycles. The minimum absolute atomic E-state index is 0.00359. The average molecular weight is 410 g/mol. The van der Waals surface area contributed by atoms with Crippen molar-refractivity contribution in [2.45, 2.75) is 43.0 Å². The van der Waals surface area contributed by atoms with Gasteiger partial charge in [0.05, 0.1) is 10.9 Å². The number of amides is 1. The van der Waals surface area contributed by atoms with Crippen molar-refractivity contribution in [3.05, 3.63) is 30.1 Å². The van der Waals surface area contributed by atoms with Gasteiger partial charge in [0, 0.05) is 32.7 Å². The molecule has 0 aliphatic carbocycles. The van der Waals surface area contributed by atoms with Gasteiger partial charge >= 0.3 is 0 Å². The predicted octanol–water partition coefficient (Wildman–Crippen LogP) is 1.92. The summed E-state index contributed by atoms with van der Waals surface area (Å²) >= 11 is 0. The van der Waals surface area contributed by atoms with Crippen LogP contribution in [0, 0.1) is 11.2 Å². The first kappa shape index (κ1) is 19.8. The lowest BCUT2D eigenvalue weighted by molar-refractivity contribution is -0.134. The van der Waals surface area contributed by atoms with E-state index in [1.807, 2.05) is 11.9 Å². The van der Waals surface area contributed by atoms with Gasteiger partial charge in [-0.15, -0.1) is 0 Å². The minimum atomic E-state index is -3.60. The number of benzene rings is 1. The molecule has 0 radical (unpaired) electrons. The van der Waals surface area contributed by atoms with Crippen LogP contribution in [0.25, 0.3) is 0 Å². The molecule has 154 valence electrons. The van der Waals surface area contributed by atoms with E-state index in [2.05, 4.69) is 4.90 Å². The van der Waals surface area contributed by atoms with Gasteiger partial charge in [-0.25, -0.2) is 12.8 Å². The highest BCUT2D eigenvalue weighted by Gasteiger charge is 2.48. The molecule has 3 fully saturated rings.